The number of nitrogens with zero attached hydrogens (tertiary/aromatic N) is 1. The fraction of sp³-hybridized carbons (Fsp3) is 0.833. The molecule has 0 saturated carbocycles. The van der Waals surface area contributed by atoms with Crippen molar-refractivity contribution in [2.24, 2.45) is 0 Å². The Morgan fingerprint density at radius 1 is 1.40 bits per heavy atom. The second-order valence-electron chi connectivity index (χ2n) is 3.82. The van der Waals surface area contributed by atoms with E-state index in [9.17, 15) is 0 Å². The van der Waals surface area contributed by atoms with Gasteiger partial charge in [-0.15, -0.1) is 11.6 Å². The molecule has 15 heavy (non-hydrogen) atoms. The van der Waals surface area contributed by atoms with E-state index in [0.717, 1.165) is 38.1 Å². The fourth-order valence-electron chi connectivity index (χ4n) is 1.73. The lowest BCUT2D eigenvalue weighted by Gasteiger charge is -2.30. The summed E-state index contributed by atoms with van der Waals surface area (Å²) in [5.74, 6) is 0.545. The van der Waals surface area contributed by atoms with E-state index in [2.05, 4.69) is 25.3 Å². The maximum absolute atomic E-state index is 5.76. The van der Waals surface area contributed by atoms with Crippen molar-refractivity contribution in [3.05, 3.63) is 12.2 Å². The molecule has 0 rings (SSSR count). The van der Waals surface area contributed by atoms with Crippen LogP contribution in [0.3, 0.4) is 0 Å². The monoisotopic (exact) mass is 233 g/mol. The van der Waals surface area contributed by atoms with Gasteiger partial charge in [0, 0.05) is 32.1 Å². The van der Waals surface area contributed by atoms with Crippen LogP contribution in [0.5, 0.6) is 0 Å². The Bertz CT molecular complexity index is 169. The van der Waals surface area contributed by atoms with Gasteiger partial charge in [-0.25, -0.2) is 0 Å². The maximum Gasteiger partial charge on any atom is 0.0589 e. The molecule has 0 radical (unpaired) electrons. The summed E-state index contributed by atoms with van der Waals surface area (Å²) in [7, 11) is 1.74. The van der Waals surface area contributed by atoms with Crippen LogP contribution in [-0.4, -0.2) is 43.6 Å². The standard InChI is InChI=1S/C12H24ClNO/c1-5-12(6-2)14(7-8-15-4)10-11(3)9-13/h12H,3,5-10H2,1-2,4H3. The average molecular weight is 234 g/mol. The lowest BCUT2D eigenvalue weighted by atomic mass is 10.1. The van der Waals surface area contributed by atoms with Crippen molar-refractivity contribution < 1.29 is 4.74 Å². The van der Waals surface area contributed by atoms with Crippen molar-refractivity contribution in [1.29, 1.82) is 0 Å². The summed E-state index contributed by atoms with van der Waals surface area (Å²) in [4.78, 5) is 2.41. The van der Waals surface area contributed by atoms with E-state index in [1.165, 1.54) is 0 Å². The molecule has 0 unspecified atom stereocenters. The molecule has 0 aliphatic heterocycles. The van der Waals surface area contributed by atoms with E-state index in [1.54, 1.807) is 7.11 Å². The van der Waals surface area contributed by atoms with Crippen molar-refractivity contribution in [3.8, 4) is 0 Å². The SMILES string of the molecule is C=C(CCl)CN(CCOC)C(CC)CC. The summed E-state index contributed by atoms with van der Waals surface area (Å²) in [5, 5.41) is 0. The molecule has 0 aromatic heterocycles. The van der Waals surface area contributed by atoms with Crippen LogP contribution < -0.4 is 0 Å². The molecule has 0 heterocycles. The van der Waals surface area contributed by atoms with Gasteiger partial charge in [-0.3, -0.25) is 4.90 Å². The first-order valence-corrected chi connectivity index (χ1v) is 6.18. The Hall–Kier alpha value is -0.0500. The van der Waals surface area contributed by atoms with Crippen LogP contribution >= 0.6 is 11.6 Å². The predicted octanol–water partition coefficient (Wildman–Crippen LogP) is 2.92. The highest BCUT2D eigenvalue weighted by Gasteiger charge is 2.15. The summed E-state index contributed by atoms with van der Waals surface area (Å²) in [5.41, 5.74) is 1.08. The van der Waals surface area contributed by atoms with Gasteiger partial charge in [0.2, 0.25) is 0 Å². The van der Waals surface area contributed by atoms with Crippen molar-refractivity contribution in [3.63, 3.8) is 0 Å². The van der Waals surface area contributed by atoms with Crippen LogP contribution in [0.15, 0.2) is 12.2 Å². The summed E-state index contributed by atoms with van der Waals surface area (Å²) >= 11 is 5.76. The maximum atomic E-state index is 5.76. The first kappa shape index (κ1) is 14.9. The van der Waals surface area contributed by atoms with Gasteiger partial charge in [-0.2, -0.15) is 0 Å². The van der Waals surface area contributed by atoms with Crippen molar-refractivity contribution >= 4 is 11.6 Å². The van der Waals surface area contributed by atoms with E-state index in [1.807, 2.05) is 0 Å². The highest BCUT2D eigenvalue weighted by Crippen LogP contribution is 2.11. The molecule has 0 amide bonds. The van der Waals surface area contributed by atoms with Gasteiger partial charge in [0.25, 0.3) is 0 Å². The zero-order chi connectivity index (χ0) is 11.7. The third-order valence-corrected chi connectivity index (χ3v) is 3.04. The van der Waals surface area contributed by atoms with Crippen molar-refractivity contribution in [1.82, 2.24) is 4.90 Å². The second kappa shape index (κ2) is 9.20. The molecular formula is C12H24ClNO. The minimum atomic E-state index is 0.545. The topological polar surface area (TPSA) is 12.5 Å². The molecule has 0 aromatic rings. The normalized spacial score (nSPS) is 11.3. The number of alkyl halides is 1. The molecule has 0 spiro atoms. The van der Waals surface area contributed by atoms with Gasteiger partial charge in [0.05, 0.1) is 6.61 Å². The number of halogens is 1. The highest BCUT2D eigenvalue weighted by atomic mass is 35.5. The summed E-state index contributed by atoms with van der Waals surface area (Å²) in [6, 6.07) is 0.611. The molecule has 0 saturated heterocycles. The van der Waals surface area contributed by atoms with E-state index in [0.29, 0.717) is 11.9 Å². The lowest BCUT2D eigenvalue weighted by molar-refractivity contribution is 0.123. The zero-order valence-corrected chi connectivity index (χ0v) is 11.0. The Morgan fingerprint density at radius 3 is 2.40 bits per heavy atom. The molecule has 0 aliphatic carbocycles. The first-order valence-electron chi connectivity index (χ1n) is 5.65. The summed E-state index contributed by atoms with van der Waals surface area (Å²) in [6.45, 7) is 11.0. The lowest BCUT2D eigenvalue weighted by Crippen LogP contribution is -2.38. The molecule has 0 fully saturated rings. The first-order chi connectivity index (χ1) is 7.19. The molecule has 0 bridgehead atoms. The molecule has 0 atom stereocenters. The minimum absolute atomic E-state index is 0.545. The number of rotatable bonds is 9. The quantitative estimate of drug-likeness (QED) is 0.449. The van der Waals surface area contributed by atoms with Crippen LogP contribution in [0.25, 0.3) is 0 Å². The van der Waals surface area contributed by atoms with E-state index >= 15 is 0 Å². The number of ether oxygens (including phenoxy) is 1. The molecule has 0 aromatic carbocycles. The average Bonchev–Trinajstić information content (AvgIpc) is 2.26. The molecule has 90 valence electrons. The van der Waals surface area contributed by atoms with E-state index < -0.39 is 0 Å². The van der Waals surface area contributed by atoms with Crippen molar-refractivity contribution in [2.75, 3.05) is 32.7 Å². The van der Waals surface area contributed by atoms with Crippen LogP contribution in [0.2, 0.25) is 0 Å². The van der Waals surface area contributed by atoms with Crippen LogP contribution in [0, 0.1) is 0 Å². The number of hydrogen-bond acceptors (Lipinski definition) is 2. The summed E-state index contributed by atoms with van der Waals surface area (Å²) in [6.07, 6.45) is 2.32. The minimum Gasteiger partial charge on any atom is -0.383 e. The third kappa shape index (κ3) is 6.18. The number of methoxy groups -OCH3 is 1. The van der Waals surface area contributed by atoms with Crippen LogP contribution in [0.4, 0.5) is 0 Å². The van der Waals surface area contributed by atoms with Gasteiger partial charge >= 0.3 is 0 Å². The van der Waals surface area contributed by atoms with E-state index in [4.69, 9.17) is 16.3 Å². The molecule has 0 aliphatic rings. The van der Waals surface area contributed by atoms with E-state index in [-0.39, 0.29) is 0 Å². The van der Waals surface area contributed by atoms with Gasteiger partial charge in [-0.05, 0) is 18.4 Å². The van der Waals surface area contributed by atoms with Crippen LogP contribution in [-0.2, 0) is 4.74 Å². The molecular weight excluding hydrogens is 210 g/mol. The van der Waals surface area contributed by atoms with Gasteiger partial charge in [0.1, 0.15) is 0 Å². The zero-order valence-electron chi connectivity index (χ0n) is 10.3. The Morgan fingerprint density at radius 2 is 2.00 bits per heavy atom. The van der Waals surface area contributed by atoms with Crippen molar-refractivity contribution in [2.45, 2.75) is 32.7 Å². The predicted molar refractivity (Wildman–Crippen MR) is 67.7 cm³/mol. The molecule has 3 heteroatoms. The smallest absolute Gasteiger partial charge is 0.0589 e. The van der Waals surface area contributed by atoms with Gasteiger partial charge in [-0.1, -0.05) is 20.4 Å². The second-order valence-corrected chi connectivity index (χ2v) is 4.08. The molecule has 2 nitrogen and oxygen atoms in total. The Kier molecular flexibility index (Phi) is 9.17. The Labute approximate surface area is 99.2 Å². The largest absolute Gasteiger partial charge is 0.383 e. The third-order valence-electron chi connectivity index (χ3n) is 2.66. The van der Waals surface area contributed by atoms with Crippen LogP contribution in [0.1, 0.15) is 26.7 Å². The fourth-order valence-corrected chi connectivity index (χ4v) is 1.82. The molecule has 0 N–H and O–H groups in total. The number of hydrogen-bond donors (Lipinski definition) is 0. The summed E-state index contributed by atoms with van der Waals surface area (Å²) < 4.78 is 5.12. The Balaban J connectivity index is 4.20. The van der Waals surface area contributed by atoms with Gasteiger partial charge < -0.3 is 4.74 Å². The van der Waals surface area contributed by atoms with Gasteiger partial charge in [0.15, 0.2) is 0 Å². The highest BCUT2D eigenvalue weighted by molar-refractivity contribution is 6.19.